The number of nitro groups is 1. The monoisotopic (exact) mass is 267 g/mol. The van der Waals surface area contributed by atoms with Crippen molar-refractivity contribution < 1.29 is 14.5 Å². The minimum absolute atomic E-state index is 0.0403. The fourth-order valence-electron chi connectivity index (χ4n) is 1.50. The van der Waals surface area contributed by atoms with Gasteiger partial charge in [-0.15, -0.1) is 0 Å². The molecule has 1 aromatic carbocycles. The minimum atomic E-state index is -0.605. The Kier molecular flexibility index (Phi) is 5.25. The quantitative estimate of drug-likeness (QED) is 0.362. The summed E-state index contributed by atoms with van der Waals surface area (Å²) >= 11 is 0. The Hall–Kier alpha value is -2.15. The van der Waals surface area contributed by atoms with Crippen LogP contribution in [0.3, 0.4) is 0 Å². The highest BCUT2D eigenvalue weighted by atomic mass is 16.6. The van der Waals surface area contributed by atoms with Crippen LogP contribution in [-0.2, 0) is 4.74 Å². The molecule has 0 saturated carbocycles. The predicted molar refractivity (Wildman–Crippen MR) is 71.0 cm³/mol. The van der Waals surface area contributed by atoms with E-state index in [1.54, 1.807) is 7.05 Å². The number of amides is 1. The van der Waals surface area contributed by atoms with Gasteiger partial charge in [-0.1, -0.05) is 0 Å². The molecule has 0 aliphatic rings. The summed E-state index contributed by atoms with van der Waals surface area (Å²) in [4.78, 5) is 23.6. The second-order valence-electron chi connectivity index (χ2n) is 3.95. The van der Waals surface area contributed by atoms with Crippen molar-refractivity contribution in [1.82, 2.24) is 4.90 Å². The summed E-state index contributed by atoms with van der Waals surface area (Å²) in [7, 11) is 1.61. The number of anilines is 1. The molecule has 0 heterocycles. The number of nitrogens with zero attached hydrogens (tertiary/aromatic N) is 2. The topological polar surface area (TPSA) is 98.7 Å². The first-order valence-electron chi connectivity index (χ1n) is 5.84. The first-order chi connectivity index (χ1) is 8.97. The van der Waals surface area contributed by atoms with Gasteiger partial charge in [0.1, 0.15) is 5.69 Å². The fourth-order valence-corrected chi connectivity index (χ4v) is 1.50. The molecule has 7 heteroatoms. The van der Waals surface area contributed by atoms with Crippen LogP contribution in [0.1, 0.15) is 17.3 Å². The van der Waals surface area contributed by atoms with Gasteiger partial charge in [0.2, 0.25) is 0 Å². The van der Waals surface area contributed by atoms with Crippen LogP contribution in [0.15, 0.2) is 18.2 Å². The summed E-state index contributed by atoms with van der Waals surface area (Å²) in [5, 5.41) is 10.8. The van der Waals surface area contributed by atoms with E-state index in [-0.39, 0.29) is 22.8 Å². The third-order valence-electron chi connectivity index (χ3n) is 2.60. The van der Waals surface area contributed by atoms with Gasteiger partial charge < -0.3 is 15.4 Å². The number of nitrogens with two attached hydrogens (primary N) is 1. The third-order valence-corrected chi connectivity index (χ3v) is 2.60. The second-order valence-corrected chi connectivity index (χ2v) is 3.95. The number of hydrogen-bond acceptors (Lipinski definition) is 5. The number of likely N-dealkylation sites (N-methyl/N-ethyl adjacent to an activating group) is 1. The molecule has 0 fully saturated rings. The van der Waals surface area contributed by atoms with Crippen molar-refractivity contribution in [2.75, 3.05) is 32.5 Å². The van der Waals surface area contributed by atoms with Crippen molar-refractivity contribution in [3.8, 4) is 0 Å². The number of ether oxygens (including phenoxy) is 1. The molecule has 19 heavy (non-hydrogen) atoms. The lowest BCUT2D eigenvalue weighted by molar-refractivity contribution is -0.383. The zero-order chi connectivity index (χ0) is 14.4. The van der Waals surface area contributed by atoms with Crippen molar-refractivity contribution in [2.45, 2.75) is 6.92 Å². The molecule has 0 bridgehead atoms. The summed E-state index contributed by atoms with van der Waals surface area (Å²) in [5.74, 6) is -0.303. The van der Waals surface area contributed by atoms with Crippen molar-refractivity contribution >= 4 is 17.3 Å². The van der Waals surface area contributed by atoms with Gasteiger partial charge in [0.05, 0.1) is 11.5 Å². The van der Waals surface area contributed by atoms with Gasteiger partial charge in [-0.2, -0.15) is 0 Å². The molecule has 1 rings (SSSR count). The van der Waals surface area contributed by atoms with Crippen molar-refractivity contribution in [2.24, 2.45) is 0 Å². The maximum atomic E-state index is 12.0. The van der Waals surface area contributed by atoms with Gasteiger partial charge >= 0.3 is 0 Å². The number of hydrogen-bond donors (Lipinski definition) is 1. The van der Waals surface area contributed by atoms with Gasteiger partial charge in [0.25, 0.3) is 11.6 Å². The number of nitrogen functional groups attached to an aromatic ring is 1. The lowest BCUT2D eigenvalue weighted by Gasteiger charge is -2.17. The molecule has 0 aromatic heterocycles. The standard InChI is InChI=1S/C12H17N3O4/c1-3-19-7-6-14(2)12(16)9-4-5-10(13)11(8-9)15(17)18/h4-5,8H,3,6-7,13H2,1-2H3. The van der Waals surface area contributed by atoms with Gasteiger partial charge in [0.15, 0.2) is 0 Å². The van der Waals surface area contributed by atoms with Crippen molar-refractivity contribution in [1.29, 1.82) is 0 Å². The Labute approximate surface area is 111 Å². The van der Waals surface area contributed by atoms with E-state index in [9.17, 15) is 14.9 Å². The largest absolute Gasteiger partial charge is 0.393 e. The average molecular weight is 267 g/mol. The first kappa shape index (κ1) is 14.9. The number of nitro benzene ring substituents is 1. The molecule has 104 valence electrons. The number of carbonyl (C=O) groups is 1. The molecule has 1 amide bonds. The van der Waals surface area contributed by atoms with E-state index in [0.717, 1.165) is 0 Å². The molecular formula is C12H17N3O4. The molecule has 0 saturated heterocycles. The molecule has 0 aliphatic carbocycles. The highest BCUT2D eigenvalue weighted by Gasteiger charge is 2.17. The molecule has 0 spiro atoms. The maximum Gasteiger partial charge on any atom is 0.292 e. The molecule has 2 N–H and O–H groups in total. The van der Waals surface area contributed by atoms with Crippen LogP contribution >= 0.6 is 0 Å². The van der Waals surface area contributed by atoms with Gasteiger partial charge in [0, 0.05) is 31.8 Å². The zero-order valence-electron chi connectivity index (χ0n) is 11.0. The van der Waals surface area contributed by atoms with E-state index in [2.05, 4.69) is 0 Å². The van der Waals surface area contributed by atoms with Gasteiger partial charge in [-0.05, 0) is 19.1 Å². The predicted octanol–water partition coefficient (Wildman–Crippen LogP) is 1.29. The smallest absolute Gasteiger partial charge is 0.292 e. The van der Waals surface area contributed by atoms with Gasteiger partial charge in [-0.3, -0.25) is 14.9 Å². The van der Waals surface area contributed by atoms with Crippen LogP contribution in [0, 0.1) is 10.1 Å². The number of benzene rings is 1. The van der Waals surface area contributed by atoms with E-state index in [1.165, 1.54) is 23.1 Å². The van der Waals surface area contributed by atoms with E-state index in [0.29, 0.717) is 19.8 Å². The van der Waals surface area contributed by atoms with Crippen LogP contribution in [0.25, 0.3) is 0 Å². The van der Waals surface area contributed by atoms with Crippen LogP contribution < -0.4 is 5.73 Å². The van der Waals surface area contributed by atoms with Crippen molar-refractivity contribution in [3.05, 3.63) is 33.9 Å². The van der Waals surface area contributed by atoms with Gasteiger partial charge in [-0.25, -0.2) is 0 Å². The maximum absolute atomic E-state index is 12.0. The van der Waals surface area contributed by atoms with E-state index >= 15 is 0 Å². The number of carbonyl (C=O) groups excluding carboxylic acids is 1. The van der Waals surface area contributed by atoms with E-state index < -0.39 is 4.92 Å². The summed E-state index contributed by atoms with van der Waals surface area (Å²) in [6.45, 7) is 3.29. The normalized spacial score (nSPS) is 10.2. The zero-order valence-corrected chi connectivity index (χ0v) is 11.0. The fraction of sp³-hybridized carbons (Fsp3) is 0.417. The Morgan fingerprint density at radius 1 is 1.53 bits per heavy atom. The Balaban J connectivity index is 2.82. The summed E-state index contributed by atoms with van der Waals surface area (Å²) < 4.78 is 5.15. The molecule has 1 aromatic rings. The van der Waals surface area contributed by atoms with Crippen LogP contribution in [0.5, 0.6) is 0 Å². The molecular weight excluding hydrogens is 250 g/mol. The Bertz CT molecular complexity index is 476. The highest BCUT2D eigenvalue weighted by Crippen LogP contribution is 2.22. The SMILES string of the molecule is CCOCCN(C)C(=O)c1ccc(N)c([N+](=O)[O-])c1. The molecule has 7 nitrogen and oxygen atoms in total. The van der Waals surface area contributed by atoms with E-state index in [1.807, 2.05) is 6.92 Å². The molecule has 0 unspecified atom stereocenters. The Morgan fingerprint density at radius 3 is 2.79 bits per heavy atom. The number of rotatable bonds is 6. The van der Waals surface area contributed by atoms with Crippen LogP contribution in [0.4, 0.5) is 11.4 Å². The third kappa shape index (κ3) is 3.92. The lowest BCUT2D eigenvalue weighted by atomic mass is 10.1. The highest BCUT2D eigenvalue weighted by molar-refractivity contribution is 5.95. The molecule has 0 atom stereocenters. The Morgan fingerprint density at radius 2 is 2.21 bits per heavy atom. The minimum Gasteiger partial charge on any atom is -0.393 e. The summed E-state index contributed by atoms with van der Waals surface area (Å²) in [5.41, 5.74) is 5.49. The lowest BCUT2D eigenvalue weighted by Crippen LogP contribution is -2.30. The summed E-state index contributed by atoms with van der Waals surface area (Å²) in [6.07, 6.45) is 0. The summed E-state index contributed by atoms with van der Waals surface area (Å²) in [6, 6.07) is 4.03. The average Bonchev–Trinajstić information content (AvgIpc) is 2.38. The second kappa shape index (κ2) is 6.69. The van der Waals surface area contributed by atoms with E-state index in [4.69, 9.17) is 10.5 Å². The first-order valence-corrected chi connectivity index (χ1v) is 5.84. The van der Waals surface area contributed by atoms with Crippen LogP contribution in [0.2, 0.25) is 0 Å². The van der Waals surface area contributed by atoms with Crippen LogP contribution in [-0.4, -0.2) is 42.5 Å². The molecule has 0 aliphatic heterocycles. The van der Waals surface area contributed by atoms with Crippen molar-refractivity contribution in [3.63, 3.8) is 0 Å². The molecule has 0 radical (unpaired) electrons.